The number of nitrogens with zero attached hydrogens (tertiary/aromatic N) is 2. The molecule has 0 aromatic heterocycles. The number of sulfone groups is 1. The molecule has 0 unspecified atom stereocenters. The van der Waals surface area contributed by atoms with E-state index < -0.39 is 27.5 Å². The molecule has 4 rings (SSSR count). The lowest BCUT2D eigenvalue weighted by atomic mass is 9.99. The van der Waals surface area contributed by atoms with Crippen molar-refractivity contribution < 1.29 is 31.2 Å². The molecule has 2 aromatic rings. The summed E-state index contributed by atoms with van der Waals surface area (Å²) in [4.78, 5) is 28.8. The zero-order chi connectivity index (χ0) is 30.8. The lowest BCUT2D eigenvalue weighted by Crippen LogP contribution is -2.52. The molecular weight excluding hydrogens is 616 g/mol. The van der Waals surface area contributed by atoms with E-state index in [4.69, 9.17) is 28.9 Å². The van der Waals surface area contributed by atoms with E-state index in [1.54, 1.807) is 0 Å². The zero-order valence-electron chi connectivity index (χ0n) is 23.0. The lowest BCUT2D eigenvalue weighted by molar-refractivity contribution is -0.138. The topological polar surface area (TPSA) is 113 Å². The normalized spacial score (nSPS) is 20.5. The van der Waals surface area contributed by atoms with Crippen molar-refractivity contribution in [3.05, 3.63) is 62.6 Å². The van der Waals surface area contributed by atoms with E-state index in [0.717, 1.165) is 25.3 Å². The second-order valence-electron chi connectivity index (χ2n) is 10.6. The van der Waals surface area contributed by atoms with Gasteiger partial charge in [0.1, 0.15) is 0 Å². The van der Waals surface area contributed by atoms with E-state index in [0.29, 0.717) is 26.1 Å². The molecule has 2 atom stereocenters. The number of primary amides is 1. The average molecular weight is 650 g/mol. The summed E-state index contributed by atoms with van der Waals surface area (Å²) in [6, 6.07) is 5.71. The predicted molar refractivity (Wildman–Crippen MR) is 154 cm³/mol. The second-order valence-corrected chi connectivity index (χ2v) is 13.7. The fourth-order valence-electron chi connectivity index (χ4n) is 5.80. The third-order valence-electron chi connectivity index (χ3n) is 7.89. The quantitative estimate of drug-likeness (QED) is 0.409. The number of halogens is 5. The van der Waals surface area contributed by atoms with Gasteiger partial charge in [0.2, 0.25) is 5.91 Å². The summed E-state index contributed by atoms with van der Waals surface area (Å²) in [6.45, 7) is 2.86. The second kappa shape index (κ2) is 13.1. The van der Waals surface area contributed by atoms with Crippen LogP contribution in [-0.4, -0.2) is 67.5 Å². The summed E-state index contributed by atoms with van der Waals surface area (Å²) in [7, 11) is -3.64. The van der Waals surface area contributed by atoms with Crippen LogP contribution in [0.3, 0.4) is 0 Å². The molecule has 2 heterocycles. The van der Waals surface area contributed by atoms with Crippen LogP contribution in [0.15, 0.2) is 35.2 Å². The number of nitrogens with two attached hydrogens (primary N) is 1. The van der Waals surface area contributed by atoms with Gasteiger partial charge in [0.05, 0.1) is 22.3 Å². The summed E-state index contributed by atoms with van der Waals surface area (Å²) >= 11 is 12.4. The number of likely N-dealkylation sites (tertiary alicyclic amines) is 2. The molecule has 2 aliphatic heterocycles. The third-order valence-corrected chi connectivity index (χ3v) is 10.3. The van der Waals surface area contributed by atoms with Crippen molar-refractivity contribution in [2.75, 3.05) is 25.4 Å². The summed E-state index contributed by atoms with van der Waals surface area (Å²) in [5.41, 5.74) is 4.32. The monoisotopic (exact) mass is 648 g/mol. The van der Waals surface area contributed by atoms with Gasteiger partial charge in [-0.25, -0.2) is 8.42 Å². The Morgan fingerprint density at radius 1 is 1.10 bits per heavy atom. The molecule has 0 saturated carbocycles. The molecule has 2 aliphatic rings. The smallest absolute Gasteiger partial charge is 0.368 e. The highest BCUT2D eigenvalue weighted by Crippen LogP contribution is 2.38. The number of rotatable bonds is 9. The van der Waals surface area contributed by atoms with Crippen LogP contribution in [0.5, 0.6) is 0 Å². The molecule has 0 spiro atoms. The minimum Gasteiger partial charge on any atom is -0.368 e. The molecule has 8 nitrogen and oxygen atoms in total. The molecule has 2 aromatic carbocycles. The van der Waals surface area contributed by atoms with Gasteiger partial charge in [0.15, 0.2) is 9.84 Å². The van der Waals surface area contributed by atoms with Crippen LogP contribution < -0.4 is 11.1 Å². The molecule has 14 heteroatoms. The Morgan fingerprint density at radius 3 is 2.48 bits per heavy atom. The van der Waals surface area contributed by atoms with Gasteiger partial charge in [-0.05, 0) is 80.2 Å². The predicted octanol–water partition coefficient (Wildman–Crippen LogP) is 4.65. The number of nitrogens with one attached hydrogen (secondary N) is 1. The van der Waals surface area contributed by atoms with Crippen molar-refractivity contribution in [1.82, 2.24) is 15.1 Å². The first-order chi connectivity index (χ1) is 19.7. The fraction of sp³-hybridized carbons (Fsp3) is 0.500. The number of hydrogen-bond donors (Lipinski definition) is 2. The van der Waals surface area contributed by atoms with E-state index >= 15 is 0 Å². The van der Waals surface area contributed by atoms with Crippen molar-refractivity contribution in [2.24, 2.45) is 5.73 Å². The maximum atomic E-state index is 14.3. The Hall–Kier alpha value is -2.38. The summed E-state index contributed by atoms with van der Waals surface area (Å²) in [5, 5.41) is 2.54. The standard InChI is InChI=1S/C28H33Cl2F3N4O4S/c1-2-42(40,41)25-8-7-19(29)11-18(25)14-35-27(39)17-12-22(28(31,32)33)21(23(30)13-17)16-36-9-3-5-20(15-36)37-10-4-6-24(37)26(34)38/h7-8,11-13,20,24H,2-6,9-10,14-16H2,1H3,(H2,34,38)(H,35,39)/t20-,24-/m0/s1. The first kappa shape index (κ1) is 32.5. The highest BCUT2D eigenvalue weighted by atomic mass is 35.5. The van der Waals surface area contributed by atoms with E-state index in [1.807, 2.05) is 4.90 Å². The summed E-state index contributed by atoms with van der Waals surface area (Å²) in [6.07, 6.45) is -1.72. The number of amides is 2. The highest BCUT2D eigenvalue weighted by molar-refractivity contribution is 7.91. The maximum absolute atomic E-state index is 14.3. The average Bonchev–Trinajstić information content (AvgIpc) is 3.43. The third kappa shape index (κ3) is 7.39. The molecule has 2 amide bonds. The van der Waals surface area contributed by atoms with Crippen molar-refractivity contribution >= 4 is 44.9 Å². The van der Waals surface area contributed by atoms with Crippen LogP contribution in [0.25, 0.3) is 0 Å². The summed E-state index contributed by atoms with van der Waals surface area (Å²) in [5.74, 6) is -1.42. The number of carbonyl (C=O) groups is 2. The van der Waals surface area contributed by atoms with Gasteiger partial charge in [-0.15, -0.1) is 0 Å². The van der Waals surface area contributed by atoms with Crippen LogP contribution in [0, 0.1) is 0 Å². The molecule has 0 aliphatic carbocycles. The van der Waals surface area contributed by atoms with E-state index in [2.05, 4.69) is 10.2 Å². The minimum atomic E-state index is -4.79. The van der Waals surface area contributed by atoms with Crippen LogP contribution >= 0.6 is 23.2 Å². The Balaban J connectivity index is 1.54. The van der Waals surface area contributed by atoms with Crippen molar-refractivity contribution in [2.45, 2.75) is 68.9 Å². The molecule has 2 saturated heterocycles. The first-order valence-corrected chi connectivity index (χ1v) is 16.1. The van der Waals surface area contributed by atoms with Crippen LogP contribution in [0.2, 0.25) is 10.0 Å². The van der Waals surface area contributed by atoms with Crippen LogP contribution in [0.1, 0.15) is 59.7 Å². The molecule has 0 radical (unpaired) electrons. The van der Waals surface area contributed by atoms with Crippen LogP contribution in [0.4, 0.5) is 13.2 Å². The first-order valence-electron chi connectivity index (χ1n) is 13.7. The molecule has 0 bridgehead atoms. The molecule has 2 fully saturated rings. The number of hydrogen-bond acceptors (Lipinski definition) is 6. The van der Waals surface area contributed by atoms with Crippen molar-refractivity contribution in [3.63, 3.8) is 0 Å². The Morgan fingerprint density at radius 2 is 1.81 bits per heavy atom. The molecule has 3 N–H and O–H groups in total. The van der Waals surface area contributed by atoms with E-state index in [1.165, 1.54) is 31.2 Å². The SMILES string of the molecule is CCS(=O)(=O)c1ccc(Cl)cc1CNC(=O)c1cc(Cl)c(CN2CCC[C@H](N3CCC[C@H]3C(N)=O)C2)c(C(F)(F)F)c1. The van der Waals surface area contributed by atoms with Crippen molar-refractivity contribution in [3.8, 4) is 0 Å². The van der Waals surface area contributed by atoms with Gasteiger partial charge in [-0.2, -0.15) is 13.2 Å². The van der Waals surface area contributed by atoms with Gasteiger partial charge in [-0.3, -0.25) is 19.4 Å². The van der Waals surface area contributed by atoms with Gasteiger partial charge < -0.3 is 11.1 Å². The van der Waals surface area contributed by atoms with Gasteiger partial charge in [-0.1, -0.05) is 30.1 Å². The molecule has 230 valence electrons. The Labute approximate surface area is 253 Å². The Bertz CT molecular complexity index is 1460. The molecule has 42 heavy (non-hydrogen) atoms. The van der Waals surface area contributed by atoms with E-state index in [9.17, 15) is 31.2 Å². The lowest BCUT2D eigenvalue weighted by Gasteiger charge is -2.39. The summed E-state index contributed by atoms with van der Waals surface area (Å²) < 4.78 is 67.7. The minimum absolute atomic E-state index is 0.00943. The van der Waals surface area contributed by atoms with Crippen LogP contribution in [-0.2, 0) is 33.9 Å². The highest BCUT2D eigenvalue weighted by Gasteiger charge is 2.38. The largest absolute Gasteiger partial charge is 0.416 e. The Kier molecular flexibility index (Phi) is 10.1. The molecular formula is C28H33Cl2F3N4O4S. The van der Waals surface area contributed by atoms with Gasteiger partial charge >= 0.3 is 6.18 Å². The number of benzene rings is 2. The zero-order valence-corrected chi connectivity index (χ0v) is 25.3. The van der Waals surface area contributed by atoms with Crippen molar-refractivity contribution in [1.29, 1.82) is 0 Å². The number of carbonyl (C=O) groups excluding carboxylic acids is 2. The van der Waals surface area contributed by atoms with E-state index in [-0.39, 0.29) is 68.5 Å². The number of alkyl halides is 3. The van der Waals surface area contributed by atoms with Gasteiger partial charge in [0.25, 0.3) is 5.91 Å². The number of piperidine rings is 1. The van der Waals surface area contributed by atoms with Gasteiger partial charge in [0, 0.05) is 41.3 Å². The fourth-order valence-corrected chi connectivity index (χ4v) is 7.40. The maximum Gasteiger partial charge on any atom is 0.416 e.